The minimum atomic E-state index is -1.36. The Kier molecular flexibility index (Phi) is 7.91. The van der Waals surface area contributed by atoms with Gasteiger partial charge in [0.15, 0.2) is 17.3 Å². The van der Waals surface area contributed by atoms with Gasteiger partial charge in [-0.1, -0.05) is 59.6 Å². The number of carbonyl (C=O) groups is 5. The first-order chi connectivity index (χ1) is 24.9. The van der Waals surface area contributed by atoms with Crippen LogP contribution in [0.4, 0.5) is 15.8 Å². The largest absolute Gasteiger partial charge is 0.504 e. The standard InChI is InChI=1S/C41H32ClFN2O7/c1-41-29(38(49)45(40(41)51)25-13-16-31(43)30(42)19-25)20-28-26(35(41)23-10-17-32(46)33(18-23)52-2)14-15-27-34(28)39(50)44(37(27)48)24-11-8-22(9-12-24)36(47)21-6-4-3-5-7-21/h3-14,16-19,27-29,34-35,46H,15,20H2,1-2H3/t27-,28+,29-,34-,35-,41+/m0/s1. The van der Waals surface area contributed by atoms with Crippen LogP contribution in [0.2, 0.25) is 5.02 Å². The van der Waals surface area contributed by atoms with Crippen LogP contribution in [-0.2, 0) is 19.2 Å². The third-order valence-electron chi connectivity index (χ3n) is 11.4. The molecule has 0 aromatic heterocycles. The highest BCUT2D eigenvalue weighted by Gasteiger charge is 2.67. The highest BCUT2D eigenvalue weighted by Crippen LogP contribution is 2.64. The molecule has 4 aliphatic rings. The second-order valence-corrected chi connectivity index (χ2v) is 14.4. The van der Waals surface area contributed by atoms with E-state index >= 15 is 0 Å². The number of nitrogens with zero attached hydrogens (tertiary/aromatic N) is 2. The summed E-state index contributed by atoms with van der Waals surface area (Å²) in [6.07, 6.45) is 2.26. The number of amides is 4. The van der Waals surface area contributed by atoms with Gasteiger partial charge in [-0.15, -0.1) is 0 Å². The summed E-state index contributed by atoms with van der Waals surface area (Å²) < 4.78 is 19.6. The zero-order valence-corrected chi connectivity index (χ0v) is 28.8. The molecule has 8 rings (SSSR count). The number of carbonyl (C=O) groups excluding carboxylic acids is 5. The molecule has 0 radical (unpaired) electrons. The fourth-order valence-corrected chi connectivity index (χ4v) is 9.09. The fraction of sp³-hybridized carbons (Fsp3) is 0.244. The molecular formula is C41H32ClFN2O7. The number of benzene rings is 4. The second kappa shape index (κ2) is 12.3. The first-order valence-electron chi connectivity index (χ1n) is 16.9. The molecule has 52 heavy (non-hydrogen) atoms. The zero-order valence-electron chi connectivity index (χ0n) is 28.1. The topological polar surface area (TPSA) is 121 Å². The minimum Gasteiger partial charge on any atom is -0.504 e. The molecular weight excluding hydrogens is 687 g/mol. The molecule has 4 aromatic rings. The van der Waals surface area contributed by atoms with Gasteiger partial charge in [0.05, 0.1) is 46.7 Å². The molecule has 4 aromatic carbocycles. The molecule has 2 heterocycles. The number of ketones is 1. The number of halogens is 2. The molecule has 1 saturated carbocycles. The third kappa shape index (κ3) is 4.84. The van der Waals surface area contributed by atoms with Crippen molar-refractivity contribution in [1.82, 2.24) is 0 Å². The molecule has 2 aliphatic heterocycles. The molecule has 0 unspecified atom stereocenters. The molecule has 1 N–H and O–H groups in total. The van der Waals surface area contributed by atoms with Crippen LogP contribution in [0.5, 0.6) is 11.5 Å². The van der Waals surface area contributed by atoms with Gasteiger partial charge in [-0.3, -0.25) is 28.9 Å². The number of anilines is 2. The van der Waals surface area contributed by atoms with E-state index in [1.807, 2.05) is 12.1 Å². The van der Waals surface area contributed by atoms with Gasteiger partial charge in [0.25, 0.3) is 0 Å². The van der Waals surface area contributed by atoms with Crippen LogP contribution >= 0.6 is 11.6 Å². The third-order valence-corrected chi connectivity index (χ3v) is 11.7. The summed E-state index contributed by atoms with van der Waals surface area (Å²) in [6.45, 7) is 1.72. The van der Waals surface area contributed by atoms with Crippen molar-refractivity contribution in [2.45, 2.75) is 25.7 Å². The summed E-state index contributed by atoms with van der Waals surface area (Å²) in [5, 5.41) is 10.2. The number of ether oxygens (including phenoxy) is 1. The van der Waals surface area contributed by atoms with Gasteiger partial charge in [-0.25, -0.2) is 9.29 Å². The Morgan fingerprint density at radius 1 is 0.846 bits per heavy atom. The molecule has 4 amide bonds. The summed E-state index contributed by atoms with van der Waals surface area (Å²) in [5.41, 5.74) is 1.36. The predicted octanol–water partition coefficient (Wildman–Crippen LogP) is 6.86. The van der Waals surface area contributed by atoms with Crippen LogP contribution < -0.4 is 14.5 Å². The number of hydrogen-bond donors (Lipinski definition) is 1. The highest BCUT2D eigenvalue weighted by atomic mass is 35.5. The van der Waals surface area contributed by atoms with Gasteiger partial charge in [-0.05, 0) is 85.8 Å². The first kappa shape index (κ1) is 33.5. The van der Waals surface area contributed by atoms with Gasteiger partial charge in [0.1, 0.15) is 5.82 Å². The van der Waals surface area contributed by atoms with E-state index in [0.717, 1.165) is 16.5 Å². The predicted molar refractivity (Wildman–Crippen MR) is 189 cm³/mol. The number of fused-ring (bicyclic) bond motifs is 4. The van der Waals surface area contributed by atoms with Crippen molar-refractivity contribution >= 4 is 52.4 Å². The van der Waals surface area contributed by atoms with Gasteiger partial charge in [0.2, 0.25) is 23.6 Å². The maximum Gasteiger partial charge on any atom is 0.241 e. The lowest BCUT2D eigenvalue weighted by molar-refractivity contribution is -0.131. The maximum absolute atomic E-state index is 14.6. The van der Waals surface area contributed by atoms with Gasteiger partial charge >= 0.3 is 0 Å². The van der Waals surface area contributed by atoms with Crippen molar-refractivity contribution in [3.63, 3.8) is 0 Å². The van der Waals surface area contributed by atoms with Crippen LogP contribution in [0, 0.1) is 34.9 Å². The van der Waals surface area contributed by atoms with Gasteiger partial charge < -0.3 is 9.84 Å². The average Bonchev–Trinajstić information content (AvgIpc) is 3.52. The molecule has 3 fully saturated rings. The number of methoxy groups -OCH3 is 1. The Morgan fingerprint density at radius 2 is 1.54 bits per heavy atom. The average molecular weight is 719 g/mol. The Balaban J connectivity index is 1.19. The number of phenolic OH excluding ortho intramolecular Hbond substituents is 1. The maximum atomic E-state index is 14.6. The molecule has 11 heteroatoms. The van der Waals surface area contributed by atoms with Gasteiger partial charge in [0, 0.05) is 17.0 Å². The first-order valence-corrected chi connectivity index (χ1v) is 17.3. The Labute approximate surface area is 303 Å². The molecule has 6 atom stereocenters. The Morgan fingerprint density at radius 3 is 2.23 bits per heavy atom. The van der Waals surface area contributed by atoms with E-state index in [1.165, 1.54) is 30.2 Å². The minimum absolute atomic E-state index is 0.113. The van der Waals surface area contributed by atoms with E-state index in [-0.39, 0.29) is 46.7 Å². The molecule has 0 spiro atoms. The van der Waals surface area contributed by atoms with Crippen molar-refractivity contribution < 1.29 is 38.2 Å². The van der Waals surface area contributed by atoms with Crippen molar-refractivity contribution in [1.29, 1.82) is 0 Å². The summed E-state index contributed by atoms with van der Waals surface area (Å²) in [5.74, 6) is -6.43. The molecule has 9 nitrogen and oxygen atoms in total. The van der Waals surface area contributed by atoms with Crippen LogP contribution in [0.3, 0.4) is 0 Å². The lowest BCUT2D eigenvalue weighted by Gasteiger charge is -2.49. The molecule has 0 bridgehead atoms. The number of hydrogen-bond acceptors (Lipinski definition) is 7. The monoisotopic (exact) mass is 718 g/mol. The number of imide groups is 2. The number of aromatic hydroxyl groups is 1. The molecule has 262 valence electrons. The van der Waals surface area contributed by atoms with Crippen molar-refractivity contribution in [3.8, 4) is 11.5 Å². The fourth-order valence-electron chi connectivity index (χ4n) is 8.91. The van der Waals surface area contributed by atoms with E-state index in [0.29, 0.717) is 22.4 Å². The normalized spacial score (nSPS) is 26.5. The Hall–Kier alpha value is -5.61. The van der Waals surface area contributed by atoms with Crippen LogP contribution in [0.25, 0.3) is 0 Å². The Bertz CT molecular complexity index is 2240. The lowest BCUT2D eigenvalue weighted by atomic mass is 9.51. The van der Waals surface area contributed by atoms with Crippen molar-refractivity contribution in [2.75, 3.05) is 16.9 Å². The van der Waals surface area contributed by atoms with Crippen LogP contribution in [0.1, 0.15) is 47.2 Å². The van der Waals surface area contributed by atoms with E-state index in [4.69, 9.17) is 16.3 Å². The van der Waals surface area contributed by atoms with Crippen LogP contribution in [0.15, 0.2) is 103 Å². The number of allylic oxidation sites excluding steroid dienone is 2. The summed E-state index contributed by atoms with van der Waals surface area (Å²) in [6, 6.07) is 23.6. The smallest absolute Gasteiger partial charge is 0.241 e. The van der Waals surface area contributed by atoms with E-state index in [2.05, 4.69) is 0 Å². The quantitative estimate of drug-likeness (QED) is 0.131. The number of phenols is 1. The summed E-state index contributed by atoms with van der Waals surface area (Å²) in [7, 11) is 1.41. The van der Waals surface area contributed by atoms with E-state index in [1.54, 1.807) is 67.6 Å². The summed E-state index contributed by atoms with van der Waals surface area (Å²) in [4.78, 5) is 72.7. The highest BCUT2D eigenvalue weighted by molar-refractivity contribution is 6.32. The molecule has 2 saturated heterocycles. The van der Waals surface area contributed by atoms with E-state index < -0.39 is 58.5 Å². The molecule has 2 aliphatic carbocycles. The van der Waals surface area contributed by atoms with Crippen molar-refractivity contribution in [3.05, 3.63) is 130 Å². The second-order valence-electron chi connectivity index (χ2n) is 13.9. The number of rotatable bonds is 6. The SMILES string of the molecule is COc1cc([C@H]2C3=CC[C@@H]4C(=O)N(c5ccc(C(=O)c6ccccc6)cc5)C(=O)[C@@H]4[C@@H]3C[C@H]3C(=O)N(c4ccc(F)c(Cl)c4)C(=O)[C@@]23C)ccc1O. The lowest BCUT2D eigenvalue weighted by Crippen LogP contribution is -2.48. The van der Waals surface area contributed by atoms with E-state index in [9.17, 15) is 33.5 Å². The van der Waals surface area contributed by atoms with Crippen molar-refractivity contribution in [2.24, 2.45) is 29.1 Å². The summed E-state index contributed by atoms with van der Waals surface area (Å²) >= 11 is 6.09. The zero-order chi connectivity index (χ0) is 36.6. The van der Waals surface area contributed by atoms with Gasteiger partial charge in [-0.2, -0.15) is 0 Å². The van der Waals surface area contributed by atoms with Crippen LogP contribution in [-0.4, -0.2) is 41.6 Å².